The van der Waals surface area contributed by atoms with E-state index in [9.17, 15) is 9.18 Å². The summed E-state index contributed by atoms with van der Waals surface area (Å²) in [6.07, 6.45) is 2.11. The highest BCUT2D eigenvalue weighted by molar-refractivity contribution is 5.48. The van der Waals surface area contributed by atoms with Gasteiger partial charge in [0.1, 0.15) is 5.82 Å². The van der Waals surface area contributed by atoms with Crippen molar-refractivity contribution in [2.24, 2.45) is 4.99 Å². The Kier molecular flexibility index (Phi) is 5.55. The first-order chi connectivity index (χ1) is 6.24. The number of nitrogens with one attached hydrogen (secondary N) is 1. The van der Waals surface area contributed by atoms with Crippen LogP contribution < -0.4 is 0 Å². The van der Waals surface area contributed by atoms with Crippen LogP contribution in [0, 0.1) is 11.2 Å². The van der Waals surface area contributed by atoms with Crippen molar-refractivity contribution in [3.8, 4) is 0 Å². The van der Waals surface area contributed by atoms with Crippen LogP contribution in [0.4, 0.5) is 10.1 Å². The Bertz CT molecular complexity index is 336. The summed E-state index contributed by atoms with van der Waals surface area (Å²) in [7, 11) is 0. The quantitative estimate of drug-likeness (QED) is 0.527. The fraction of sp³-hybridized carbons (Fsp3) is 0. The molecule has 0 aliphatic heterocycles. The molecule has 1 aromatic rings. The standard InChI is InChI=1S/C7H4FNO.CHNO/c8-6-1-3-7(4-2-6)9-5-10;2-1-3/h1-4H;2H. The molecule has 0 aromatic heterocycles. The van der Waals surface area contributed by atoms with Gasteiger partial charge in [-0.1, -0.05) is 0 Å². The Morgan fingerprint density at radius 3 is 2.08 bits per heavy atom. The highest BCUT2D eigenvalue weighted by Crippen LogP contribution is 2.10. The van der Waals surface area contributed by atoms with Gasteiger partial charge in [-0.2, -0.15) is 4.99 Å². The SMILES string of the molecule is N=C=O.O=C=Nc1ccc(F)cc1. The Morgan fingerprint density at radius 1 is 1.23 bits per heavy atom. The Morgan fingerprint density at radius 2 is 1.69 bits per heavy atom. The summed E-state index contributed by atoms with van der Waals surface area (Å²) in [4.78, 5) is 21.3. The Hall–Kier alpha value is -2.09. The van der Waals surface area contributed by atoms with Crippen molar-refractivity contribution < 1.29 is 14.0 Å². The number of nitrogens with zero attached hydrogens (tertiary/aromatic N) is 1. The third-order valence-corrected chi connectivity index (χ3v) is 1.00. The van der Waals surface area contributed by atoms with Gasteiger partial charge in [-0.3, -0.25) is 0 Å². The predicted molar refractivity (Wildman–Crippen MR) is 42.6 cm³/mol. The average molecular weight is 180 g/mol. The van der Waals surface area contributed by atoms with Crippen LogP contribution in [0.5, 0.6) is 0 Å². The molecule has 0 aliphatic carbocycles. The number of hydrogen-bond acceptors (Lipinski definition) is 4. The van der Waals surface area contributed by atoms with Gasteiger partial charge in [-0.25, -0.2) is 19.4 Å². The van der Waals surface area contributed by atoms with E-state index >= 15 is 0 Å². The van der Waals surface area contributed by atoms with Crippen LogP contribution in [-0.4, -0.2) is 12.2 Å². The molecule has 0 aliphatic rings. The number of aliphatic imine (C=N–C) groups is 1. The zero-order valence-electron chi connectivity index (χ0n) is 6.45. The maximum atomic E-state index is 12.2. The fourth-order valence-electron chi connectivity index (χ4n) is 0.568. The molecule has 66 valence electrons. The van der Waals surface area contributed by atoms with Crippen molar-refractivity contribution in [3.05, 3.63) is 30.1 Å². The number of benzene rings is 1. The van der Waals surface area contributed by atoms with Crippen molar-refractivity contribution in [2.45, 2.75) is 0 Å². The van der Waals surface area contributed by atoms with Crippen molar-refractivity contribution in [1.29, 1.82) is 5.41 Å². The molecule has 1 rings (SSSR count). The van der Waals surface area contributed by atoms with E-state index in [1.807, 2.05) is 0 Å². The van der Waals surface area contributed by atoms with Gasteiger partial charge in [0.25, 0.3) is 0 Å². The first kappa shape index (κ1) is 10.9. The molecule has 13 heavy (non-hydrogen) atoms. The van der Waals surface area contributed by atoms with E-state index in [0.29, 0.717) is 5.69 Å². The van der Waals surface area contributed by atoms with E-state index in [0.717, 1.165) is 6.08 Å². The molecular weight excluding hydrogens is 175 g/mol. The predicted octanol–water partition coefficient (Wildman–Crippen LogP) is 1.69. The van der Waals surface area contributed by atoms with Gasteiger partial charge in [0.15, 0.2) is 0 Å². The lowest BCUT2D eigenvalue weighted by atomic mass is 10.3. The molecule has 0 saturated heterocycles. The Balaban J connectivity index is 0.000000424. The number of hydrogen-bond donors (Lipinski definition) is 1. The molecule has 0 saturated carbocycles. The summed E-state index contributed by atoms with van der Waals surface area (Å²) in [5, 5.41) is 5.40. The van der Waals surface area contributed by atoms with Gasteiger partial charge in [0.05, 0.1) is 5.69 Å². The van der Waals surface area contributed by atoms with Gasteiger partial charge < -0.3 is 0 Å². The normalized spacial score (nSPS) is 7.15. The van der Waals surface area contributed by atoms with E-state index in [1.165, 1.54) is 30.3 Å². The molecule has 0 unspecified atom stereocenters. The van der Waals surface area contributed by atoms with E-state index in [-0.39, 0.29) is 5.82 Å². The Labute approximate surface area is 73.2 Å². The molecule has 5 heteroatoms. The van der Waals surface area contributed by atoms with Gasteiger partial charge in [-0.05, 0) is 24.3 Å². The number of halogens is 1. The molecular formula is C8H5FN2O2. The van der Waals surface area contributed by atoms with Gasteiger partial charge in [-0.15, -0.1) is 0 Å². The van der Waals surface area contributed by atoms with Crippen LogP contribution in [0.2, 0.25) is 0 Å². The van der Waals surface area contributed by atoms with Gasteiger partial charge in [0, 0.05) is 0 Å². The summed E-state index contributed by atoms with van der Waals surface area (Å²) in [6, 6.07) is 5.27. The third-order valence-electron chi connectivity index (χ3n) is 1.00. The number of isocyanates is 2. The second-order valence-electron chi connectivity index (χ2n) is 1.78. The first-order valence-corrected chi connectivity index (χ1v) is 3.12. The summed E-state index contributed by atoms with van der Waals surface area (Å²) in [5.41, 5.74) is 0.413. The molecule has 0 amide bonds. The summed E-state index contributed by atoms with van der Waals surface area (Å²) in [5.74, 6) is -0.343. The summed E-state index contributed by atoms with van der Waals surface area (Å²) in [6.45, 7) is 0. The van der Waals surface area contributed by atoms with Crippen molar-refractivity contribution in [2.75, 3.05) is 0 Å². The van der Waals surface area contributed by atoms with Crippen LogP contribution in [0.25, 0.3) is 0 Å². The number of carbonyl (C=O) groups excluding carboxylic acids is 2. The molecule has 4 nitrogen and oxygen atoms in total. The maximum absolute atomic E-state index is 12.2. The fourth-order valence-corrected chi connectivity index (χ4v) is 0.568. The summed E-state index contributed by atoms with van der Waals surface area (Å²) < 4.78 is 12.2. The van der Waals surface area contributed by atoms with Gasteiger partial charge in [0.2, 0.25) is 12.2 Å². The molecule has 0 bridgehead atoms. The average Bonchev–Trinajstić information content (AvgIpc) is 2.11. The van der Waals surface area contributed by atoms with Crippen molar-refractivity contribution >= 4 is 17.8 Å². The van der Waals surface area contributed by atoms with Crippen LogP contribution in [0.15, 0.2) is 29.3 Å². The minimum Gasteiger partial charge on any atom is -0.222 e. The topological polar surface area (TPSA) is 70.3 Å². The lowest BCUT2D eigenvalue weighted by molar-refractivity contribution is 0.562. The largest absolute Gasteiger partial charge is 0.240 e. The zero-order valence-corrected chi connectivity index (χ0v) is 6.45. The van der Waals surface area contributed by atoms with Gasteiger partial charge >= 0.3 is 0 Å². The second-order valence-corrected chi connectivity index (χ2v) is 1.78. The summed E-state index contributed by atoms with van der Waals surface area (Å²) >= 11 is 0. The third kappa shape index (κ3) is 5.21. The van der Waals surface area contributed by atoms with E-state index in [1.54, 1.807) is 0 Å². The van der Waals surface area contributed by atoms with Crippen LogP contribution in [0.1, 0.15) is 0 Å². The lowest BCUT2D eigenvalue weighted by Gasteiger charge is -1.87. The van der Waals surface area contributed by atoms with E-state index in [4.69, 9.17) is 10.2 Å². The number of rotatable bonds is 1. The van der Waals surface area contributed by atoms with E-state index in [2.05, 4.69) is 4.99 Å². The molecule has 1 aromatic carbocycles. The molecule has 0 fully saturated rings. The van der Waals surface area contributed by atoms with Crippen LogP contribution >= 0.6 is 0 Å². The maximum Gasteiger partial charge on any atom is 0.240 e. The first-order valence-electron chi connectivity index (χ1n) is 3.12. The monoisotopic (exact) mass is 180 g/mol. The zero-order chi connectivity index (χ0) is 10.1. The molecule has 0 atom stereocenters. The van der Waals surface area contributed by atoms with Crippen LogP contribution in [-0.2, 0) is 9.59 Å². The molecule has 0 heterocycles. The molecule has 0 spiro atoms. The highest BCUT2D eigenvalue weighted by atomic mass is 19.1. The smallest absolute Gasteiger partial charge is 0.222 e. The van der Waals surface area contributed by atoms with E-state index < -0.39 is 0 Å². The molecule has 1 N–H and O–H groups in total. The van der Waals surface area contributed by atoms with Crippen molar-refractivity contribution in [3.63, 3.8) is 0 Å². The second kappa shape index (κ2) is 6.61. The lowest BCUT2D eigenvalue weighted by Crippen LogP contribution is -1.68. The highest BCUT2D eigenvalue weighted by Gasteiger charge is 1.88. The van der Waals surface area contributed by atoms with Crippen LogP contribution in [0.3, 0.4) is 0 Å². The van der Waals surface area contributed by atoms with Crippen molar-refractivity contribution in [1.82, 2.24) is 0 Å². The molecule has 0 radical (unpaired) electrons. The minimum absolute atomic E-state index is 0.343. The minimum atomic E-state index is -0.343.